The van der Waals surface area contributed by atoms with Crippen molar-refractivity contribution in [2.45, 2.75) is 65.6 Å². The van der Waals surface area contributed by atoms with Crippen LogP contribution in [0.25, 0.3) is 0 Å². The molecule has 0 aliphatic rings. The lowest BCUT2D eigenvalue weighted by Gasteiger charge is -2.34. The summed E-state index contributed by atoms with van der Waals surface area (Å²) in [6.07, 6.45) is 1.40. The number of nitrogens with zero attached hydrogens (tertiary/aromatic N) is 2. The van der Waals surface area contributed by atoms with Crippen molar-refractivity contribution in [2.75, 3.05) is 17.1 Å². The van der Waals surface area contributed by atoms with Gasteiger partial charge in [0.15, 0.2) is 0 Å². The first-order valence-corrected chi connectivity index (χ1v) is 15.5. The number of para-hydroxylation sites is 1. The average Bonchev–Trinajstić information content (AvgIpc) is 2.89. The minimum Gasteiger partial charge on any atom is -0.352 e. The SMILES string of the molecule is Cc1ccccc1CN(C(=O)CN(c1ccccc1C(C)C)S(C)(=O)=O)[C@H](Cc1ccccc1)C(=O)NC(C)C. The van der Waals surface area contributed by atoms with E-state index in [1.807, 2.05) is 101 Å². The van der Waals surface area contributed by atoms with Crippen LogP contribution in [0.15, 0.2) is 78.9 Å². The van der Waals surface area contributed by atoms with Gasteiger partial charge in [-0.25, -0.2) is 8.42 Å². The van der Waals surface area contributed by atoms with Crippen molar-refractivity contribution in [1.29, 1.82) is 0 Å². The zero-order valence-electron chi connectivity index (χ0n) is 24.3. The molecule has 1 atom stereocenters. The molecule has 3 aromatic carbocycles. The van der Waals surface area contributed by atoms with E-state index in [0.29, 0.717) is 12.1 Å². The van der Waals surface area contributed by atoms with Crippen molar-refractivity contribution in [2.24, 2.45) is 0 Å². The summed E-state index contributed by atoms with van der Waals surface area (Å²) in [4.78, 5) is 29.4. The van der Waals surface area contributed by atoms with Crippen LogP contribution in [0, 0.1) is 6.92 Å². The summed E-state index contributed by atoms with van der Waals surface area (Å²) in [5, 5.41) is 2.97. The number of amides is 2. The Labute approximate surface area is 239 Å². The van der Waals surface area contributed by atoms with Crippen molar-refractivity contribution in [1.82, 2.24) is 10.2 Å². The molecule has 2 amide bonds. The monoisotopic (exact) mass is 563 g/mol. The highest BCUT2D eigenvalue weighted by atomic mass is 32.2. The number of aryl methyl sites for hydroxylation is 1. The van der Waals surface area contributed by atoms with Crippen LogP contribution < -0.4 is 9.62 Å². The molecule has 40 heavy (non-hydrogen) atoms. The maximum atomic E-state index is 14.2. The fourth-order valence-electron chi connectivity index (χ4n) is 4.70. The van der Waals surface area contributed by atoms with Crippen LogP contribution in [0.1, 0.15) is 55.9 Å². The Hall–Kier alpha value is -3.65. The molecule has 0 heterocycles. The summed E-state index contributed by atoms with van der Waals surface area (Å²) < 4.78 is 27.3. The van der Waals surface area contributed by atoms with Crippen LogP contribution >= 0.6 is 0 Å². The number of anilines is 1. The van der Waals surface area contributed by atoms with Gasteiger partial charge in [-0.05, 0) is 55.0 Å². The second kappa shape index (κ2) is 13.6. The molecular weight excluding hydrogens is 522 g/mol. The second-order valence-corrected chi connectivity index (χ2v) is 12.7. The van der Waals surface area contributed by atoms with E-state index in [-0.39, 0.29) is 24.4 Å². The number of rotatable bonds is 12. The van der Waals surface area contributed by atoms with E-state index in [1.54, 1.807) is 12.1 Å². The van der Waals surface area contributed by atoms with Crippen molar-refractivity contribution in [3.63, 3.8) is 0 Å². The number of benzene rings is 3. The molecule has 0 aliphatic carbocycles. The fraction of sp³-hybridized carbons (Fsp3) is 0.375. The van der Waals surface area contributed by atoms with Gasteiger partial charge in [0.05, 0.1) is 11.9 Å². The first-order valence-electron chi connectivity index (χ1n) is 13.6. The molecule has 0 spiro atoms. The third-order valence-corrected chi connectivity index (χ3v) is 7.94. The maximum Gasteiger partial charge on any atom is 0.244 e. The first kappa shape index (κ1) is 30.9. The average molecular weight is 564 g/mol. The van der Waals surface area contributed by atoms with E-state index < -0.39 is 28.5 Å². The Morgan fingerprint density at radius 1 is 0.850 bits per heavy atom. The Morgan fingerprint density at radius 3 is 2.05 bits per heavy atom. The number of hydrogen-bond acceptors (Lipinski definition) is 4. The zero-order chi connectivity index (χ0) is 29.4. The number of carbonyl (C=O) groups excluding carboxylic acids is 2. The molecule has 7 nitrogen and oxygen atoms in total. The highest BCUT2D eigenvalue weighted by Crippen LogP contribution is 2.29. The lowest BCUT2D eigenvalue weighted by molar-refractivity contribution is -0.140. The Balaban J connectivity index is 2.10. The number of hydrogen-bond donors (Lipinski definition) is 1. The quantitative estimate of drug-likeness (QED) is 0.334. The molecular formula is C32H41N3O4S. The van der Waals surface area contributed by atoms with Gasteiger partial charge in [-0.3, -0.25) is 13.9 Å². The summed E-state index contributed by atoms with van der Waals surface area (Å²) in [5.74, 6) is -0.692. The lowest BCUT2D eigenvalue weighted by atomic mass is 10.0. The Kier molecular flexibility index (Phi) is 10.5. The van der Waals surface area contributed by atoms with Crippen molar-refractivity contribution >= 4 is 27.5 Å². The van der Waals surface area contributed by atoms with Crippen LogP contribution in [0.5, 0.6) is 0 Å². The molecule has 0 bridgehead atoms. The smallest absolute Gasteiger partial charge is 0.244 e. The van der Waals surface area contributed by atoms with Crippen LogP contribution in [0.2, 0.25) is 0 Å². The number of carbonyl (C=O) groups is 2. The molecule has 0 saturated heterocycles. The maximum absolute atomic E-state index is 14.2. The van der Waals surface area contributed by atoms with Crippen LogP contribution in [0.3, 0.4) is 0 Å². The molecule has 0 saturated carbocycles. The number of nitrogens with one attached hydrogen (secondary N) is 1. The van der Waals surface area contributed by atoms with E-state index in [1.165, 1.54) is 4.90 Å². The molecule has 0 aromatic heterocycles. The summed E-state index contributed by atoms with van der Waals surface area (Å²) in [6, 6.07) is 23.5. The second-order valence-electron chi connectivity index (χ2n) is 10.8. The van der Waals surface area contributed by atoms with Gasteiger partial charge >= 0.3 is 0 Å². The summed E-state index contributed by atoms with van der Waals surface area (Å²) in [5.41, 5.74) is 4.06. The molecule has 8 heteroatoms. The summed E-state index contributed by atoms with van der Waals surface area (Å²) in [6.45, 7) is 9.42. The highest BCUT2D eigenvalue weighted by molar-refractivity contribution is 7.92. The van der Waals surface area contributed by atoms with Gasteiger partial charge in [-0.15, -0.1) is 0 Å². The molecule has 1 N–H and O–H groups in total. The summed E-state index contributed by atoms with van der Waals surface area (Å²) in [7, 11) is -3.82. The third-order valence-electron chi connectivity index (χ3n) is 6.81. The van der Waals surface area contributed by atoms with Gasteiger partial charge in [0.2, 0.25) is 21.8 Å². The van der Waals surface area contributed by atoms with Gasteiger partial charge in [-0.1, -0.05) is 86.6 Å². The molecule has 0 unspecified atom stereocenters. The highest BCUT2D eigenvalue weighted by Gasteiger charge is 2.34. The van der Waals surface area contributed by atoms with Crippen LogP contribution in [0.4, 0.5) is 5.69 Å². The van der Waals surface area contributed by atoms with E-state index in [4.69, 9.17) is 0 Å². The van der Waals surface area contributed by atoms with E-state index in [2.05, 4.69) is 5.32 Å². The predicted octanol–water partition coefficient (Wildman–Crippen LogP) is 5.05. The molecule has 214 valence electrons. The molecule has 0 fully saturated rings. The van der Waals surface area contributed by atoms with Crippen molar-refractivity contribution in [3.05, 3.63) is 101 Å². The van der Waals surface area contributed by atoms with Crippen LogP contribution in [-0.4, -0.2) is 50.0 Å². The van der Waals surface area contributed by atoms with E-state index >= 15 is 0 Å². The van der Waals surface area contributed by atoms with Gasteiger partial charge in [0.1, 0.15) is 12.6 Å². The van der Waals surface area contributed by atoms with Gasteiger partial charge in [-0.2, -0.15) is 0 Å². The molecule has 3 rings (SSSR count). The topological polar surface area (TPSA) is 86.8 Å². The van der Waals surface area contributed by atoms with Crippen molar-refractivity contribution in [3.8, 4) is 0 Å². The normalized spacial score (nSPS) is 12.3. The standard InChI is InChI=1S/C32H41N3O4S/c1-23(2)28-18-12-13-19-29(28)35(40(6,38)39)22-31(36)34(21-27-17-11-10-14-25(27)5)30(32(37)33-24(3)4)20-26-15-8-7-9-16-26/h7-19,23-24,30H,20-22H2,1-6H3,(H,33,37)/t30-/m1/s1. The minimum absolute atomic E-state index is 0.0428. The van der Waals surface area contributed by atoms with E-state index in [9.17, 15) is 18.0 Å². The molecule has 0 aliphatic heterocycles. The predicted molar refractivity (Wildman–Crippen MR) is 162 cm³/mol. The molecule has 3 aromatic rings. The largest absolute Gasteiger partial charge is 0.352 e. The van der Waals surface area contributed by atoms with Gasteiger partial charge < -0.3 is 10.2 Å². The van der Waals surface area contributed by atoms with Gasteiger partial charge in [0, 0.05) is 19.0 Å². The fourth-order valence-corrected chi connectivity index (χ4v) is 5.57. The minimum atomic E-state index is -3.82. The Bertz CT molecular complexity index is 1400. The first-order chi connectivity index (χ1) is 18.9. The summed E-state index contributed by atoms with van der Waals surface area (Å²) >= 11 is 0. The molecule has 0 radical (unpaired) electrons. The zero-order valence-corrected chi connectivity index (χ0v) is 25.1. The third kappa shape index (κ3) is 8.18. The van der Waals surface area contributed by atoms with Gasteiger partial charge in [0.25, 0.3) is 0 Å². The van der Waals surface area contributed by atoms with E-state index in [0.717, 1.165) is 32.8 Å². The lowest BCUT2D eigenvalue weighted by Crippen LogP contribution is -2.54. The van der Waals surface area contributed by atoms with Crippen molar-refractivity contribution < 1.29 is 18.0 Å². The Morgan fingerprint density at radius 2 is 1.45 bits per heavy atom. The van der Waals surface area contributed by atoms with Crippen LogP contribution in [-0.2, 0) is 32.6 Å². The number of sulfonamides is 1.